The van der Waals surface area contributed by atoms with Crippen LogP contribution in [0.25, 0.3) is 11.6 Å². The molecule has 0 radical (unpaired) electrons. The van der Waals surface area contributed by atoms with Crippen LogP contribution in [-0.4, -0.2) is 35.2 Å². The maximum Gasteiger partial charge on any atom is 0.293 e. The molecule has 2 aromatic rings. The molecule has 2 aliphatic heterocycles. The molecule has 34 heavy (non-hydrogen) atoms. The van der Waals surface area contributed by atoms with Crippen LogP contribution in [0.15, 0.2) is 47.4 Å². The second-order valence-electron chi connectivity index (χ2n) is 9.50. The number of carbonyl (C=O) groups excluding carboxylic acids is 2. The Hall–Kier alpha value is -2.99. The van der Waals surface area contributed by atoms with E-state index in [4.69, 9.17) is 4.74 Å². The summed E-state index contributed by atoms with van der Waals surface area (Å²) < 4.78 is 5.74. The van der Waals surface area contributed by atoms with E-state index in [1.54, 1.807) is 13.2 Å². The van der Waals surface area contributed by atoms with E-state index in [0.29, 0.717) is 10.7 Å². The Morgan fingerprint density at radius 2 is 1.79 bits per heavy atom. The number of aryl methyl sites for hydroxylation is 1. The number of allylic oxidation sites excluding steroid dienone is 1. The fourth-order valence-electron chi connectivity index (χ4n) is 4.70. The summed E-state index contributed by atoms with van der Waals surface area (Å²) in [5, 5.41) is -0.249. The number of thioether (sulfide) groups is 1. The van der Waals surface area contributed by atoms with Gasteiger partial charge in [-0.15, -0.1) is 0 Å². The number of methoxy groups -OCH3 is 1. The number of nitrogens with zero attached hydrogens (tertiary/aromatic N) is 2. The monoisotopic (exact) mass is 476 g/mol. The molecule has 1 fully saturated rings. The van der Waals surface area contributed by atoms with Gasteiger partial charge in [0, 0.05) is 29.4 Å². The van der Waals surface area contributed by atoms with Gasteiger partial charge in [0.05, 0.1) is 24.1 Å². The summed E-state index contributed by atoms with van der Waals surface area (Å²) >= 11 is 0.983. The summed E-state index contributed by atoms with van der Waals surface area (Å²) in [6.07, 6.45) is 5.11. The van der Waals surface area contributed by atoms with Gasteiger partial charge in [0.1, 0.15) is 5.75 Å². The van der Waals surface area contributed by atoms with Gasteiger partial charge in [0.25, 0.3) is 11.1 Å². The summed E-state index contributed by atoms with van der Waals surface area (Å²) in [6, 6.07) is 12.0. The number of ether oxygens (including phenoxy) is 1. The standard InChI is InChI=1S/C28H32N2O3S/c1-7-12-30-23-15-24(33-6)21(13-22(23)19(3)16-28(30,4)5)14-25-26(31)29(27(32)34-25)17-20-10-8-18(2)9-11-20/h8-11,13-16H,7,12,17H2,1-6H3/b25-14+. The zero-order valence-corrected chi connectivity index (χ0v) is 21.6. The third-order valence-electron chi connectivity index (χ3n) is 6.40. The van der Waals surface area contributed by atoms with Gasteiger partial charge >= 0.3 is 0 Å². The Bertz CT molecular complexity index is 1190. The number of hydrogen-bond acceptors (Lipinski definition) is 5. The Kier molecular flexibility index (Phi) is 6.63. The minimum Gasteiger partial charge on any atom is -0.496 e. The number of anilines is 1. The summed E-state index contributed by atoms with van der Waals surface area (Å²) in [4.78, 5) is 29.9. The average Bonchev–Trinajstić information content (AvgIpc) is 3.05. The van der Waals surface area contributed by atoms with Gasteiger partial charge in [-0.25, -0.2) is 0 Å². The SMILES string of the molecule is CCCN1c2cc(OC)c(/C=C3/SC(=O)N(Cc4ccc(C)cc4)C3=O)cc2C(C)=CC1(C)C. The first-order valence-corrected chi connectivity index (χ1v) is 12.5. The zero-order chi connectivity index (χ0) is 24.6. The number of hydrogen-bond donors (Lipinski definition) is 0. The van der Waals surface area contributed by atoms with Crippen molar-refractivity contribution in [3.05, 3.63) is 69.6 Å². The number of amides is 2. The van der Waals surface area contributed by atoms with Crippen LogP contribution in [0, 0.1) is 6.92 Å². The van der Waals surface area contributed by atoms with E-state index < -0.39 is 0 Å². The quantitative estimate of drug-likeness (QED) is 0.437. The lowest BCUT2D eigenvalue weighted by molar-refractivity contribution is -0.123. The van der Waals surface area contributed by atoms with Crippen molar-refractivity contribution < 1.29 is 14.3 Å². The number of rotatable bonds is 6. The molecule has 2 aliphatic rings. The summed E-state index contributed by atoms with van der Waals surface area (Å²) in [6.45, 7) is 12.0. The highest BCUT2D eigenvalue weighted by molar-refractivity contribution is 8.18. The molecule has 178 valence electrons. The molecule has 2 amide bonds. The first kappa shape index (κ1) is 24.1. The zero-order valence-electron chi connectivity index (χ0n) is 20.8. The molecule has 6 heteroatoms. The predicted octanol–water partition coefficient (Wildman–Crippen LogP) is 6.65. The Morgan fingerprint density at radius 3 is 2.44 bits per heavy atom. The molecule has 0 aromatic heterocycles. The van der Waals surface area contributed by atoms with E-state index in [0.717, 1.165) is 52.7 Å². The molecular formula is C28H32N2O3S. The predicted molar refractivity (Wildman–Crippen MR) is 141 cm³/mol. The minimum absolute atomic E-state index is 0.0990. The highest BCUT2D eigenvalue weighted by Gasteiger charge is 2.36. The van der Waals surface area contributed by atoms with Crippen molar-refractivity contribution in [3.8, 4) is 5.75 Å². The van der Waals surface area contributed by atoms with E-state index in [2.05, 4.69) is 50.8 Å². The highest BCUT2D eigenvalue weighted by Crippen LogP contribution is 2.43. The number of imide groups is 1. The lowest BCUT2D eigenvalue weighted by Crippen LogP contribution is -2.45. The molecule has 2 heterocycles. The second kappa shape index (κ2) is 9.34. The van der Waals surface area contributed by atoms with Crippen LogP contribution in [0.3, 0.4) is 0 Å². The van der Waals surface area contributed by atoms with Crippen LogP contribution in [-0.2, 0) is 11.3 Å². The van der Waals surface area contributed by atoms with Crippen LogP contribution in [0.1, 0.15) is 56.4 Å². The molecule has 4 rings (SSSR count). The van der Waals surface area contributed by atoms with E-state index in [1.165, 1.54) is 10.5 Å². The van der Waals surface area contributed by atoms with Gasteiger partial charge in [-0.1, -0.05) is 42.8 Å². The molecule has 0 spiro atoms. The lowest BCUT2D eigenvalue weighted by Gasteiger charge is -2.43. The molecule has 0 bridgehead atoms. The van der Waals surface area contributed by atoms with Crippen molar-refractivity contribution >= 4 is 40.2 Å². The van der Waals surface area contributed by atoms with Crippen LogP contribution in [0.4, 0.5) is 10.5 Å². The first-order valence-electron chi connectivity index (χ1n) is 11.6. The Labute approximate surface area is 206 Å². The van der Waals surface area contributed by atoms with Crippen LogP contribution in [0.2, 0.25) is 0 Å². The maximum absolute atomic E-state index is 13.1. The van der Waals surface area contributed by atoms with Crippen LogP contribution in [0.5, 0.6) is 5.75 Å². The maximum atomic E-state index is 13.1. The molecule has 0 saturated carbocycles. The van der Waals surface area contributed by atoms with Crippen LogP contribution < -0.4 is 9.64 Å². The third-order valence-corrected chi connectivity index (χ3v) is 7.31. The van der Waals surface area contributed by atoms with Crippen molar-refractivity contribution in [1.82, 2.24) is 4.90 Å². The summed E-state index contributed by atoms with van der Waals surface area (Å²) in [5.74, 6) is 0.423. The van der Waals surface area contributed by atoms with Gasteiger partial charge in [-0.2, -0.15) is 0 Å². The van der Waals surface area contributed by atoms with E-state index in [1.807, 2.05) is 31.2 Å². The van der Waals surface area contributed by atoms with Gasteiger partial charge in [0.2, 0.25) is 0 Å². The smallest absolute Gasteiger partial charge is 0.293 e. The van der Waals surface area contributed by atoms with E-state index in [-0.39, 0.29) is 23.2 Å². The van der Waals surface area contributed by atoms with Crippen molar-refractivity contribution in [1.29, 1.82) is 0 Å². The fraction of sp³-hybridized carbons (Fsp3) is 0.357. The van der Waals surface area contributed by atoms with Crippen LogP contribution >= 0.6 is 11.8 Å². The summed E-state index contributed by atoms with van der Waals surface area (Å²) in [7, 11) is 1.64. The van der Waals surface area contributed by atoms with Gasteiger partial charge in [0.15, 0.2) is 0 Å². The fourth-order valence-corrected chi connectivity index (χ4v) is 5.53. The van der Waals surface area contributed by atoms with Crippen molar-refractivity contribution in [2.24, 2.45) is 0 Å². The average molecular weight is 477 g/mol. The molecule has 5 nitrogen and oxygen atoms in total. The minimum atomic E-state index is -0.267. The molecule has 1 saturated heterocycles. The second-order valence-corrected chi connectivity index (χ2v) is 10.5. The third kappa shape index (κ3) is 4.51. The molecule has 0 unspecified atom stereocenters. The molecule has 0 atom stereocenters. The number of benzene rings is 2. The Morgan fingerprint density at radius 1 is 1.09 bits per heavy atom. The van der Waals surface area contributed by atoms with Crippen molar-refractivity contribution in [2.75, 3.05) is 18.6 Å². The molecule has 2 aromatic carbocycles. The Balaban J connectivity index is 1.69. The molecule has 0 N–H and O–H groups in total. The largest absolute Gasteiger partial charge is 0.496 e. The number of carbonyl (C=O) groups is 2. The van der Waals surface area contributed by atoms with Gasteiger partial charge in [-0.05, 0) is 69.2 Å². The number of fused-ring (bicyclic) bond motifs is 1. The lowest BCUT2D eigenvalue weighted by atomic mass is 9.87. The van der Waals surface area contributed by atoms with Crippen molar-refractivity contribution in [2.45, 2.75) is 53.1 Å². The first-order chi connectivity index (χ1) is 16.1. The summed E-state index contributed by atoms with van der Waals surface area (Å²) in [5.41, 5.74) is 6.22. The molecule has 0 aliphatic carbocycles. The topological polar surface area (TPSA) is 49.9 Å². The van der Waals surface area contributed by atoms with Crippen molar-refractivity contribution in [3.63, 3.8) is 0 Å². The van der Waals surface area contributed by atoms with Gasteiger partial charge < -0.3 is 9.64 Å². The highest BCUT2D eigenvalue weighted by atomic mass is 32.2. The molecular weight excluding hydrogens is 444 g/mol. The van der Waals surface area contributed by atoms with E-state index >= 15 is 0 Å². The normalized spacial score (nSPS) is 18.4. The van der Waals surface area contributed by atoms with E-state index in [9.17, 15) is 9.59 Å². The van der Waals surface area contributed by atoms with Gasteiger partial charge in [-0.3, -0.25) is 14.5 Å².